The van der Waals surface area contributed by atoms with Crippen LogP contribution in [0.2, 0.25) is 0 Å². The summed E-state index contributed by atoms with van der Waals surface area (Å²) in [5, 5.41) is 0. The Morgan fingerprint density at radius 2 is 1.53 bits per heavy atom. The van der Waals surface area contributed by atoms with Gasteiger partial charge in [0.1, 0.15) is 0 Å². The van der Waals surface area contributed by atoms with Gasteiger partial charge in [0, 0.05) is 0 Å². The van der Waals surface area contributed by atoms with Crippen molar-refractivity contribution in [2.45, 2.75) is 111 Å². The molecular formula is C30H50. The topological polar surface area (TPSA) is 0 Å². The highest BCUT2D eigenvalue weighted by Gasteiger charge is 2.72. The van der Waals surface area contributed by atoms with Crippen molar-refractivity contribution in [1.29, 1.82) is 0 Å². The van der Waals surface area contributed by atoms with Gasteiger partial charge in [-0.1, -0.05) is 66.2 Å². The fourth-order valence-corrected chi connectivity index (χ4v) is 10.6. The monoisotopic (exact) mass is 410 g/mol. The van der Waals surface area contributed by atoms with Crippen molar-refractivity contribution in [2.24, 2.45) is 76.4 Å². The zero-order valence-corrected chi connectivity index (χ0v) is 20.6. The van der Waals surface area contributed by atoms with E-state index in [1.165, 1.54) is 25.7 Å². The molecule has 10 unspecified atom stereocenters. The van der Waals surface area contributed by atoms with Crippen LogP contribution < -0.4 is 0 Å². The Balaban J connectivity index is 0.985. The van der Waals surface area contributed by atoms with Crippen LogP contribution in [0.3, 0.4) is 0 Å². The van der Waals surface area contributed by atoms with E-state index < -0.39 is 0 Å². The standard InChI is InChI=1S/C30H50/c1-18(2)11-23-15-21(23)9-7-5-6-8-10-22-12-20-13-24(14-20)28-19(3)27-17-30(27,4)29-25(22)16-26(28)29/h18-29H,5-17H2,1-4H3. The van der Waals surface area contributed by atoms with Gasteiger partial charge in [0.2, 0.25) is 0 Å². The summed E-state index contributed by atoms with van der Waals surface area (Å²) in [4.78, 5) is 0. The maximum atomic E-state index is 2.72. The molecule has 0 radical (unpaired) electrons. The first-order chi connectivity index (χ1) is 14.5. The third-order valence-corrected chi connectivity index (χ3v) is 12.1. The minimum Gasteiger partial charge on any atom is -0.0628 e. The van der Waals surface area contributed by atoms with Gasteiger partial charge in [-0.3, -0.25) is 0 Å². The normalized spacial score (nSPS) is 54.9. The zero-order chi connectivity index (χ0) is 20.6. The molecule has 10 atom stereocenters. The van der Waals surface area contributed by atoms with Gasteiger partial charge in [0.05, 0.1) is 0 Å². The van der Waals surface area contributed by atoms with Crippen molar-refractivity contribution in [3.05, 3.63) is 0 Å². The number of hydrogen-bond donors (Lipinski definition) is 0. The molecule has 30 heavy (non-hydrogen) atoms. The average Bonchev–Trinajstić information content (AvgIpc) is 3.51. The summed E-state index contributed by atoms with van der Waals surface area (Å²) in [5.41, 5.74) is 0.785. The second-order valence-corrected chi connectivity index (χ2v) is 14.3. The van der Waals surface area contributed by atoms with Gasteiger partial charge in [0.15, 0.2) is 0 Å². The summed E-state index contributed by atoms with van der Waals surface area (Å²) in [6, 6.07) is 0. The molecule has 0 aromatic rings. The van der Waals surface area contributed by atoms with Crippen LogP contribution in [-0.4, -0.2) is 0 Å². The first-order valence-corrected chi connectivity index (χ1v) is 14.5. The Labute approximate surface area is 187 Å². The molecule has 0 heterocycles. The molecule has 0 aliphatic heterocycles. The van der Waals surface area contributed by atoms with Crippen molar-refractivity contribution >= 4 is 0 Å². The lowest BCUT2D eigenvalue weighted by atomic mass is 9.45. The van der Waals surface area contributed by atoms with Crippen LogP contribution in [0.15, 0.2) is 0 Å². The summed E-state index contributed by atoms with van der Waals surface area (Å²) < 4.78 is 0. The maximum Gasteiger partial charge on any atom is -0.0258 e. The van der Waals surface area contributed by atoms with E-state index in [1.807, 2.05) is 0 Å². The van der Waals surface area contributed by atoms with Crippen molar-refractivity contribution in [3.8, 4) is 0 Å². The Morgan fingerprint density at radius 3 is 2.27 bits per heavy atom. The van der Waals surface area contributed by atoms with Gasteiger partial charge < -0.3 is 0 Å². The molecule has 9 aliphatic rings. The zero-order valence-electron chi connectivity index (χ0n) is 20.6. The molecule has 0 spiro atoms. The van der Waals surface area contributed by atoms with Crippen molar-refractivity contribution in [1.82, 2.24) is 0 Å². The van der Waals surface area contributed by atoms with Gasteiger partial charge in [-0.15, -0.1) is 0 Å². The van der Waals surface area contributed by atoms with E-state index in [4.69, 9.17) is 0 Å². The van der Waals surface area contributed by atoms with Crippen LogP contribution in [-0.2, 0) is 0 Å². The van der Waals surface area contributed by atoms with Crippen LogP contribution in [0.25, 0.3) is 0 Å². The van der Waals surface area contributed by atoms with Crippen molar-refractivity contribution in [3.63, 3.8) is 0 Å². The molecule has 9 rings (SSSR count). The Hall–Kier alpha value is 0. The molecular weight excluding hydrogens is 360 g/mol. The van der Waals surface area contributed by atoms with Crippen LogP contribution in [0, 0.1) is 76.4 Å². The quantitative estimate of drug-likeness (QED) is 0.334. The van der Waals surface area contributed by atoms with Crippen LogP contribution in [0.5, 0.6) is 0 Å². The van der Waals surface area contributed by atoms with Crippen LogP contribution >= 0.6 is 0 Å². The van der Waals surface area contributed by atoms with Gasteiger partial charge >= 0.3 is 0 Å². The lowest BCUT2D eigenvalue weighted by Gasteiger charge is -2.60. The lowest BCUT2D eigenvalue weighted by Crippen LogP contribution is -2.54. The Bertz CT molecular complexity index is 628. The van der Waals surface area contributed by atoms with Gasteiger partial charge in [-0.25, -0.2) is 0 Å². The average molecular weight is 411 g/mol. The number of hydrogen-bond acceptors (Lipinski definition) is 0. The minimum absolute atomic E-state index is 0.785. The van der Waals surface area contributed by atoms with E-state index >= 15 is 0 Å². The second kappa shape index (κ2) is 7.52. The van der Waals surface area contributed by atoms with Crippen LogP contribution in [0.1, 0.15) is 111 Å². The first-order valence-electron chi connectivity index (χ1n) is 14.5. The molecule has 0 aromatic heterocycles. The largest absolute Gasteiger partial charge is 0.0628 e. The van der Waals surface area contributed by atoms with Gasteiger partial charge in [0.25, 0.3) is 0 Å². The van der Waals surface area contributed by atoms with Crippen LogP contribution in [0.4, 0.5) is 0 Å². The van der Waals surface area contributed by atoms with E-state index in [1.54, 1.807) is 57.8 Å². The fourth-order valence-electron chi connectivity index (χ4n) is 10.6. The summed E-state index contributed by atoms with van der Waals surface area (Å²) in [6.45, 7) is 10.2. The maximum absolute atomic E-state index is 2.72. The number of rotatable bonds is 9. The lowest BCUT2D eigenvalue weighted by molar-refractivity contribution is -0.122. The second-order valence-electron chi connectivity index (χ2n) is 14.3. The van der Waals surface area contributed by atoms with Crippen molar-refractivity contribution in [2.75, 3.05) is 0 Å². The molecule has 0 heteroatoms. The van der Waals surface area contributed by atoms with E-state index in [-0.39, 0.29) is 0 Å². The Kier molecular flexibility index (Phi) is 5.16. The first kappa shape index (κ1) is 20.6. The molecule has 0 N–H and O–H groups in total. The van der Waals surface area contributed by atoms with Gasteiger partial charge in [-0.2, -0.15) is 0 Å². The van der Waals surface area contributed by atoms with E-state index in [9.17, 15) is 0 Å². The predicted molar refractivity (Wildman–Crippen MR) is 127 cm³/mol. The molecule has 0 amide bonds. The van der Waals surface area contributed by atoms with E-state index in [0.29, 0.717) is 0 Å². The number of unbranched alkanes of at least 4 members (excludes halogenated alkanes) is 3. The highest BCUT2D eigenvalue weighted by Crippen LogP contribution is 2.78. The van der Waals surface area contributed by atoms with E-state index in [0.717, 1.165) is 76.4 Å². The summed E-state index contributed by atoms with van der Waals surface area (Å²) in [5.74, 6) is 13.3. The van der Waals surface area contributed by atoms with Gasteiger partial charge in [-0.05, 0) is 121 Å². The molecule has 0 nitrogen and oxygen atoms in total. The highest BCUT2D eigenvalue weighted by atomic mass is 14.8. The number of fused-ring (bicyclic) bond motifs is 1. The molecule has 0 saturated heterocycles. The predicted octanol–water partition coefficient (Wildman–Crippen LogP) is 8.60. The molecule has 9 aliphatic carbocycles. The summed E-state index contributed by atoms with van der Waals surface area (Å²) >= 11 is 0. The summed E-state index contributed by atoms with van der Waals surface area (Å²) in [7, 11) is 0. The molecule has 0 aromatic carbocycles. The minimum atomic E-state index is 0.785. The van der Waals surface area contributed by atoms with E-state index in [2.05, 4.69) is 27.7 Å². The molecule has 9 saturated carbocycles. The molecule has 9 fully saturated rings. The third-order valence-electron chi connectivity index (χ3n) is 12.1. The fraction of sp³-hybridized carbons (Fsp3) is 1.00. The molecule has 6 bridgehead atoms. The van der Waals surface area contributed by atoms with Crippen molar-refractivity contribution < 1.29 is 0 Å². The Morgan fingerprint density at radius 1 is 0.800 bits per heavy atom. The smallest absolute Gasteiger partial charge is 0.0258 e. The SMILES string of the molecule is CC(C)CC1CC1CCCCCCC1CC2CC(C2)C2C(C)C3CC3(C)C3C1CC23. The third kappa shape index (κ3) is 3.36. The molecule has 170 valence electrons. The highest BCUT2D eigenvalue weighted by molar-refractivity contribution is 5.20. The summed E-state index contributed by atoms with van der Waals surface area (Å²) in [6.07, 6.45) is 20.5.